The van der Waals surface area contributed by atoms with Gasteiger partial charge in [-0.1, -0.05) is 32.6 Å². The van der Waals surface area contributed by atoms with Gasteiger partial charge in [-0.05, 0) is 20.5 Å². The van der Waals surface area contributed by atoms with Crippen LogP contribution in [0.25, 0.3) is 0 Å². The Labute approximate surface area is 76.2 Å². The van der Waals surface area contributed by atoms with E-state index >= 15 is 0 Å². The van der Waals surface area contributed by atoms with Crippen molar-refractivity contribution in [3.8, 4) is 6.07 Å². The molecule has 0 aliphatic carbocycles. The van der Waals surface area contributed by atoms with E-state index in [-0.39, 0.29) is 6.04 Å². The van der Waals surface area contributed by atoms with Crippen molar-refractivity contribution in [3.05, 3.63) is 0 Å². The average Bonchev–Trinajstić information content (AvgIpc) is 2.04. The molecular formula is C10H20N2. The largest absolute Gasteiger partial charge is 0.294 e. The Hall–Kier alpha value is -0.550. The van der Waals surface area contributed by atoms with Gasteiger partial charge in [0, 0.05) is 0 Å². The summed E-state index contributed by atoms with van der Waals surface area (Å²) < 4.78 is 0. The lowest BCUT2D eigenvalue weighted by molar-refractivity contribution is 0.326. The molecule has 0 aromatic carbocycles. The van der Waals surface area contributed by atoms with Crippen molar-refractivity contribution < 1.29 is 0 Å². The molecule has 0 aliphatic rings. The van der Waals surface area contributed by atoms with Gasteiger partial charge in [-0.2, -0.15) is 5.26 Å². The van der Waals surface area contributed by atoms with Crippen molar-refractivity contribution in [1.82, 2.24) is 4.90 Å². The molecule has 0 amide bonds. The standard InChI is InChI=1S/C10H20N2/c1-4-5-6-7-8-10(9-11)12(2)3/h10H,4-8H2,1-3H3. The molecule has 0 rings (SSSR count). The summed E-state index contributed by atoms with van der Waals surface area (Å²) in [6, 6.07) is 2.42. The molecule has 70 valence electrons. The molecule has 2 nitrogen and oxygen atoms in total. The molecule has 0 fully saturated rings. The van der Waals surface area contributed by atoms with Crippen molar-refractivity contribution in [1.29, 1.82) is 5.26 Å². The van der Waals surface area contributed by atoms with Gasteiger partial charge in [-0.25, -0.2) is 0 Å². The first kappa shape index (κ1) is 11.4. The summed E-state index contributed by atoms with van der Waals surface area (Å²) in [6.07, 6.45) is 6.03. The topological polar surface area (TPSA) is 27.0 Å². The Morgan fingerprint density at radius 2 is 1.92 bits per heavy atom. The van der Waals surface area contributed by atoms with Crippen LogP contribution < -0.4 is 0 Å². The zero-order valence-corrected chi connectivity index (χ0v) is 8.51. The summed E-state index contributed by atoms with van der Waals surface area (Å²) in [5, 5.41) is 8.76. The maximum absolute atomic E-state index is 8.76. The summed E-state index contributed by atoms with van der Waals surface area (Å²) in [5.41, 5.74) is 0. The van der Waals surface area contributed by atoms with Crippen LogP contribution in [0.1, 0.15) is 39.0 Å². The van der Waals surface area contributed by atoms with E-state index in [1.807, 2.05) is 19.0 Å². The minimum absolute atomic E-state index is 0.113. The molecule has 0 heterocycles. The number of hydrogen-bond acceptors (Lipinski definition) is 2. The van der Waals surface area contributed by atoms with E-state index in [1.165, 1.54) is 25.7 Å². The fourth-order valence-electron chi connectivity index (χ4n) is 1.20. The lowest BCUT2D eigenvalue weighted by Gasteiger charge is -2.16. The number of rotatable bonds is 6. The fraction of sp³-hybridized carbons (Fsp3) is 0.900. The predicted octanol–water partition coefficient (Wildman–Crippen LogP) is 2.41. The molecule has 0 N–H and O–H groups in total. The molecule has 1 unspecified atom stereocenters. The molecule has 0 aromatic rings. The molecule has 12 heavy (non-hydrogen) atoms. The molecular weight excluding hydrogens is 148 g/mol. The molecule has 0 aliphatic heterocycles. The van der Waals surface area contributed by atoms with E-state index in [1.54, 1.807) is 0 Å². The van der Waals surface area contributed by atoms with E-state index < -0.39 is 0 Å². The van der Waals surface area contributed by atoms with Gasteiger partial charge < -0.3 is 0 Å². The lowest BCUT2D eigenvalue weighted by atomic mass is 10.1. The van der Waals surface area contributed by atoms with Crippen LogP contribution in [0.4, 0.5) is 0 Å². The molecule has 1 atom stereocenters. The molecule has 0 bridgehead atoms. The summed E-state index contributed by atoms with van der Waals surface area (Å²) in [7, 11) is 3.93. The van der Waals surface area contributed by atoms with Crippen LogP contribution in [0.5, 0.6) is 0 Å². The third-order valence-corrected chi connectivity index (χ3v) is 2.10. The van der Waals surface area contributed by atoms with Crippen LogP contribution in [-0.4, -0.2) is 25.0 Å². The first-order valence-electron chi connectivity index (χ1n) is 4.78. The van der Waals surface area contributed by atoms with E-state index in [0.717, 1.165) is 6.42 Å². The van der Waals surface area contributed by atoms with E-state index in [9.17, 15) is 0 Å². The summed E-state index contributed by atoms with van der Waals surface area (Å²) in [6.45, 7) is 2.20. The Morgan fingerprint density at radius 3 is 2.33 bits per heavy atom. The highest BCUT2D eigenvalue weighted by atomic mass is 15.1. The smallest absolute Gasteiger partial charge is 0.0972 e. The van der Waals surface area contributed by atoms with Crippen molar-refractivity contribution in [2.45, 2.75) is 45.1 Å². The monoisotopic (exact) mass is 168 g/mol. The zero-order chi connectivity index (χ0) is 9.40. The second kappa shape index (κ2) is 7.12. The molecule has 0 saturated carbocycles. The number of nitriles is 1. The first-order valence-corrected chi connectivity index (χ1v) is 4.78. The van der Waals surface area contributed by atoms with Crippen LogP contribution >= 0.6 is 0 Å². The Kier molecular flexibility index (Phi) is 6.79. The highest BCUT2D eigenvalue weighted by Crippen LogP contribution is 2.07. The average molecular weight is 168 g/mol. The van der Waals surface area contributed by atoms with Crippen LogP contribution in [-0.2, 0) is 0 Å². The maximum Gasteiger partial charge on any atom is 0.0972 e. The predicted molar refractivity (Wildman–Crippen MR) is 51.8 cm³/mol. The van der Waals surface area contributed by atoms with E-state index in [4.69, 9.17) is 5.26 Å². The molecule has 0 saturated heterocycles. The normalized spacial score (nSPS) is 12.9. The van der Waals surface area contributed by atoms with Gasteiger partial charge in [0.1, 0.15) is 0 Å². The second-order valence-corrected chi connectivity index (χ2v) is 3.46. The van der Waals surface area contributed by atoms with Crippen molar-refractivity contribution in [3.63, 3.8) is 0 Å². The Balaban J connectivity index is 3.41. The van der Waals surface area contributed by atoms with Gasteiger partial charge in [0.15, 0.2) is 0 Å². The van der Waals surface area contributed by atoms with Crippen LogP contribution in [0.15, 0.2) is 0 Å². The lowest BCUT2D eigenvalue weighted by Crippen LogP contribution is -2.25. The van der Waals surface area contributed by atoms with Crippen molar-refractivity contribution in [2.75, 3.05) is 14.1 Å². The molecule has 0 radical (unpaired) electrons. The SMILES string of the molecule is CCCCCCC(C#N)N(C)C. The van der Waals surface area contributed by atoms with Gasteiger partial charge in [-0.3, -0.25) is 4.90 Å². The first-order chi connectivity index (χ1) is 5.72. The summed E-state index contributed by atoms with van der Waals surface area (Å²) in [5.74, 6) is 0. The Bertz CT molecular complexity index is 135. The molecule has 0 spiro atoms. The molecule has 2 heteroatoms. The van der Waals surface area contributed by atoms with E-state index in [2.05, 4.69) is 13.0 Å². The van der Waals surface area contributed by atoms with Gasteiger partial charge in [0.05, 0.1) is 12.1 Å². The quantitative estimate of drug-likeness (QED) is 0.569. The molecule has 0 aromatic heterocycles. The van der Waals surface area contributed by atoms with E-state index in [0.29, 0.717) is 0 Å². The van der Waals surface area contributed by atoms with Crippen molar-refractivity contribution >= 4 is 0 Å². The van der Waals surface area contributed by atoms with Crippen LogP contribution in [0.3, 0.4) is 0 Å². The summed E-state index contributed by atoms with van der Waals surface area (Å²) >= 11 is 0. The summed E-state index contributed by atoms with van der Waals surface area (Å²) in [4.78, 5) is 1.99. The number of unbranched alkanes of at least 4 members (excludes halogenated alkanes) is 3. The Morgan fingerprint density at radius 1 is 1.25 bits per heavy atom. The minimum Gasteiger partial charge on any atom is -0.294 e. The third-order valence-electron chi connectivity index (χ3n) is 2.10. The highest BCUT2D eigenvalue weighted by molar-refractivity contribution is 4.88. The fourth-order valence-corrected chi connectivity index (χ4v) is 1.20. The maximum atomic E-state index is 8.76. The van der Waals surface area contributed by atoms with Crippen LogP contribution in [0, 0.1) is 11.3 Å². The van der Waals surface area contributed by atoms with Gasteiger partial charge in [0.25, 0.3) is 0 Å². The number of nitrogens with zero attached hydrogens (tertiary/aromatic N) is 2. The van der Waals surface area contributed by atoms with Crippen LogP contribution in [0.2, 0.25) is 0 Å². The van der Waals surface area contributed by atoms with Gasteiger partial charge in [0.2, 0.25) is 0 Å². The third kappa shape index (κ3) is 5.15. The number of hydrogen-bond donors (Lipinski definition) is 0. The second-order valence-electron chi connectivity index (χ2n) is 3.46. The van der Waals surface area contributed by atoms with Crippen molar-refractivity contribution in [2.24, 2.45) is 0 Å². The highest BCUT2D eigenvalue weighted by Gasteiger charge is 2.07. The van der Waals surface area contributed by atoms with Gasteiger partial charge in [-0.15, -0.1) is 0 Å². The minimum atomic E-state index is 0.113. The van der Waals surface area contributed by atoms with Gasteiger partial charge >= 0.3 is 0 Å². The zero-order valence-electron chi connectivity index (χ0n) is 8.51.